The Kier molecular flexibility index (Phi) is 4.60. The van der Waals surface area contributed by atoms with Gasteiger partial charge in [0.05, 0.1) is 12.2 Å². The fourth-order valence-corrected chi connectivity index (χ4v) is 1.65. The predicted molar refractivity (Wildman–Crippen MR) is 75.7 cm³/mol. The summed E-state index contributed by atoms with van der Waals surface area (Å²) in [5.41, 5.74) is 0.199. The molecule has 4 nitrogen and oxygen atoms in total. The van der Waals surface area contributed by atoms with Crippen LogP contribution in [0.5, 0.6) is 17.2 Å². The van der Waals surface area contributed by atoms with Crippen molar-refractivity contribution in [1.29, 1.82) is 0 Å². The number of aromatic carboxylic acids is 1. The van der Waals surface area contributed by atoms with Crippen molar-refractivity contribution in [2.75, 3.05) is 6.61 Å². The van der Waals surface area contributed by atoms with Crippen LogP contribution in [-0.4, -0.2) is 17.7 Å². The molecule has 0 bridgehead atoms. The first-order valence-electron chi connectivity index (χ1n) is 6.43. The highest BCUT2D eigenvalue weighted by Gasteiger charge is 2.04. The molecular weight excluding hydrogens is 256 g/mol. The van der Waals surface area contributed by atoms with Crippen molar-refractivity contribution in [1.82, 2.24) is 0 Å². The number of carbonyl (C=O) groups is 1. The van der Waals surface area contributed by atoms with Gasteiger partial charge in [-0.2, -0.15) is 0 Å². The Bertz CT molecular complexity index is 575. The summed E-state index contributed by atoms with van der Waals surface area (Å²) in [6.45, 7) is 2.73. The summed E-state index contributed by atoms with van der Waals surface area (Å²) in [5.74, 6) is 0.945. The molecule has 20 heavy (non-hydrogen) atoms. The molecule has 2 aromatic carbocycles. The van der Waals surface area contributed by atoms with Crippen LogP contribution >= 0.6 is 0 Å². The average molecular weight is 272 g/mol. The van der Waals surface area contributed by atoms with E-state index in [-0.39, 0.29) is 5.56 Å². The maximum Gasteiger partial charge on any atom is 0.335 e. The fraction of sp³-hybridized carbons (Fsp3) is 0.188. The number of ether oxygens (including phenoxy) is 2. The summed E-state index contributed by atoms with van der Waals surface area (Å²) in [5, 5.41) is 8.92. The zero-order chi connectivity index (χ0) is 14.4. The first-order valence-corrected chi connectivity index (χ1v) is 6.43. The van der Waals surface area contributed by atoms with Gasteiger partial charge in [-0.1, -0.05) is 13.0 Å². The maximum atomic E-state index is 10.9. The van der Waals surface area contributed by atoms with Gasteiger partial charge in [0.2, 0.25) is 0 Å². The number of rotatable bonds is 6. The molecule has 0 radical (unpaired) electrons. The van der Waals surface area contributed by atoms with Gasteiger partial charge >= 0.3 is 5.97 Å². The molecule has 0 aliphatic rings. The molecule has 0 heterocycles. The number of hydrogen-bond donors (Lipinski definition) is 1. The number of hydrogen-bond acceptors (Lipinski definition) is 3. The Morgan fingerprint density at radius 1 is 1.05 bits per heavy atom. The van der Waals surface area contributed by atoms with Crippen molar-refractivity contribution in [3.05, 3.63) is 54.1 Å². The zero-order valence-corrected chi connectivity index (χ0v) is 11.2. The summed E-state index contributed by atoms with van der Waals surface area (Å²) in [7, 11) is 0. The minimum atomic E-state index is -0.973. The topological polar surface area (TPSA) is 55.8 Å². The van der Waals surface area contributed by atoms with Crippen molar-refractivity contribution in [3.8, 4) is 17.2 Å². The smallest absolute Gasteiger partial charge is 0.335 e. The minimum absolute atomic E-state index is 0.199. The Morgan fingerprint density at radius 2 is 1.75 bits per heavy atom. The second-order valence-electron chi connectivity index (χ2n) is 4.25. The van der Waals surface area contributed by atoms with Gasteiger partial charge in [-0.3, -0.25) is 0 Å². The standard InChI is InChI=1S/C16H16O4/c1-2-10-19-13-6-8-14(9-7-13)20-15-5-3-4-12(11-15)16(17)18/h3-9,11H,2,10H2,1H3,(H,17,18). The summed E-state index contributed by atoms with van der Waals surface area (Å²) >= 11 is 0. The van der Waals surface area contributed by atoms with Crippen LogP contribution in [0.1, 0.15) is 23.7 Å². The molecule has 0 aromatic heterocycles. The second-order valence-corrected chi connectivity index (χ2v) is 4.25. The summed E-state index contributed by atoms with van der Waals surface area (Å²) in [4.78, 5) is 10.9. The summed E-state index contributed by atoms with van der Waals surface area (Å²) in [6, 6.07) is 13.6. The zero-order valence-electron chi connectivity index (χ0n) is 11.2. The van der Waals surface area contributed by atoms with Crippen LogP contribution in [0, 0.1) is 0 Å². The van der Waals surface area contributed by atoms with Crippen LogP contribution in [0.4, 0.5) is 0 Å². The lowest BCUT2D eigenvalue weighted by Crippen LogP contribution is -1.96. The van der Waals surface area contributed by atoms with Crippen LogP contribution in [0.3, 0.4) is 0 Å². The van der Waals surface area contributed by atoms with E-state index in [0.717, 1.165) is 12.2 Å². The molecule has 0 saturated carbocycles. The molecule has 0 unspecified atom stereocenters. The van der Waals surface area contributed by atoms with E-state index in [1.165, 1.54) is 12.1 Å². The van der Waals surface area contributed by atoms with E-state index in [1.807, 2.05) is 19.1 Å². The highest BCUT2D eigenvalue weighted by molar-refractivity contribution is 5.88. The van der Waals surface area contributed by atoms with Gasteiger partial charge in [-0.25, -0.2) is 4.79 Å². The Hall–Kier alpha value is -2.49. The minimum Gasteiger partial charge on any atom is -0.494 e. The molecule has 2 rings (SSSR count). The van der Waals surface area contributed by atoms with Gasteiger partial charge in [0, 0.05) is 0 Å². The predicted octanol–water partition coefficient (Wildman–Crippen LogP) is 3.97. The number of carboxylic acid groups (broad SMARTS) is 1. The third kappa shape index (κ3) is 3.75. The number of benzene rings is 2. The third-order valence-corrected chi connectivity index (χ3v) is 2.61. The van der Waals surface area contributed by atoms with Crippen molar-refractivity contribution >= 4 is 5.97 Å². The molecule has 0 aliphatic carbocycles. The molecule has 0 aliphatic heterocycles. The Labute approximate surface area is 117 Å². The first-order chi connectivity index (χ1) is 9.69. The second kappa shape index (κ2) is 6.61. The maximum absolute atomic E-state index is 10.9. The van der Waals surface area contributed by atoms with Crippen LogP contribution in [0.25, 0.3) is 0 Å². The molecule has 4 heteroatoms. The van der Waals surface area contributed by atoms with Crippen molar-refractivity contribution in [2.24, 2.45) is 0 Å². The molecular formula is C16H16O4. The molecule has 2 aromatic rings. The van der Waals surface area contributed by atoms with Gasteiger partial charge in [0.25, 0.3) is 0 Å². The highest BCUT2D eigenvalue weighted by atomic mass is 16.5. The lowest BCUT2D eigenvalue weighted by Gasteiger charge is -2.08. The van der Waals surface area contributed by atoms with E-state index in [0.29, 0.717) is 18.1 Å². The fourth-order valence-electron chi connectivity index (χ4n) is 1.65. The van der Waals surface area contributed by atoms with Gasteiger partial charge in [-0.05, 0) is 48.9 Å². The Morgan fingerprint density at radius 3 is 2.40 bits per heavy atom. The van der Waals surface area contributed by atoms with E-state index >= 15 is 0 Å². The lowest BCUT2D eigenvalue weighted by molar-refractivity contribution is 0.0696. The molecule has 0 spiro atoms. The average Bonchev–Trinajstić information content (AvgIpc) is 2.47. The van der Waals surface area contributed by atoms with E-state index in [4.69, 9.17) is 14.6 Å². The van der Waals surface area contributed by atoms with Gasteiger partial charge in [0.1, 0.15) is 17.2 Å². The normalized spacial score (nSPS) is 10.1. The van der Waals surface area contributed by atoms with Crippen molar-refractivity contribution < 1.29 is 19.4 Å². The van der Waals surface area contributed by atoms with Crippen LogP contribution in [0.2, 0.25) is 0 Å². The van der Waals surface area contributed by atoms with Crippen LogP contribution in [0.15, 0.2) is 48.5 Å². The molecule has 0 fully saturated rings. The van der Waals surface area contributed by atoms with Crippen molar-refractivity contribution in [2.45, 2.75) is 13.3 Å². The van der Waals surface area contributed by atoms with Crippen molar-refractivity contribution in [3.63, 3.8) is 0 Å². The van der Waals surface area contributed by atoms with Gasteiger partial charge in [0.15, 0.2) is 0 Å². The molecule has 0 saturated heterocycles. The monoisotopic (exact) mass is 272 g/mol. The number of carboxylic acids is 1. The summed E-state index contributed by atoms with van der Waals surface area (Å²) in [6.07, 6.45) is 0.959. The van der Waals surface area contributed by atoms with Crippen LogP contribution in [-0.2, 0) is 0 Å². The van der Waals surface area contributed by atoms with E-state index in [9.17, 15) is 4.79 Å². The van der Waals surface area contributed by atoms with Gasteiger partial charge in [-0.15, -0.1) is 0 Å². The van der Waals surface area contributed by atoms with E-state index < -0.39 is 5.97 Å². The molecule has 104 valence electrons. The van der Waals surface area contributed by atoms with Crippen LogP contribution < -0.4 is 9.47 Å². The lowest BCUT2D eigenvalue weighted by atomic mass is 10.2. The van der Waals surface area contributed by atoms with Gasteiger partial charge < -0.3 is 14.6 Å². The van der Waals surface area contributed by atoms with E-state index in [2.05, 4.69) is 0 Å². The molecule has 0 atom stereocenters. The quantitative estimate of drug-likeness (QED) is 0.864. The summed E-state index contributed by atoms with van der Waals surface area (Å²) < 4.78 is 11.1. The van der Waals surface area contributed by atoms with E-state index in [1.54, 1.807) is 24.3 Å². The highest BCUT2D eigenvalue weighted by Crippen LogP contribution is 2.24. The third-order valence-electron chi connectivity index (χ3n) is 2.61. The largest absolute Gasteiger partial charge is 0.494 e. The first kappa shape index (κ1) is 13.9. The molecule has 0 amide bonds. The molecule has 1 N–H and O–H groups in total. The SMILES string of the molecule is CCCOc1ccc(Oc2cccc(C(=O)O)c2)cc1. The Balaban J connectivity index is 2.06.